The van der Waals surface area contributed by atoms with Crippen LogP contribution in [0.5, 0.6) is 0 Å². The summed E-state index contributed by atoms with van der Waals surface area (Å²) in [5.74, 6) is 2.29. The molecule has 0 aliphatic heterocycles. The van der Waals surface area contributed by atoms with Crippen LogP contribution in [-0.4, -0.2) is 178 Å². The zero-order chi connectivity index (χ0) is 78.8. The molecule has 6 atom stereocenters. The van der Waals surface area contributed by atoms with Crippen LogP contribution < -0.4 is 16.4 Å². The number of aromatic amines is 1. The number of aliphatic carboxylic acids is 1. The molecule has 3 saturated carbocycles. The maximum Gasteiger partial charge on any atom is 0.303 e. The van der Waals surface area contributed by atoms with Crippen LogP contribution in [0, 0.1) is 31.6 Å². The Kier molecular flexibility index (Phi) is 28.4. The van der Waals surface area contributed by atoms with Crippen LogP contribution in [0.1, 0.15) is 139 Å². The first-order chi connectivity index (χ1) is 53.4. The van der Waals surface area contributed by atoms with Crippen molar-refractivity contribution >= 4 is 70.5 Å². The number of carboxylic acids is 1. The highest BCUT2D eigenvalue weighted by Gasteiger charge is 2.32. The lowest BCUT2D eigenvalue weighted by Crippen LogP contribution is -2.41. The zero-order valence-corrected chi connectivity index (χ0v) is 66.7. The van der Waals surface area contributed by atoms with Crippen LogP contribution in [-0.2, 0) is 53.7 Å². The number of pyridine rings is 3. The van der Waals surface area contributed by atoms with E-state index in [0.29, 0.717) is 49.9 Å². The van der Waals surface area contributed by atoms with Crippen molar-refractivity contribution < 1.29 is 36.3 Å². The Morgan fingerprint density at radius 3 is 1.21 bits per heavy atom. The molecule has 23 nitrogen and oxygen atoms in total. The third-order valence-corrected chi connectivity index (χ3v) is 24.7. The van der Waals surface area contributed by atoms with E-state index in [2.05, 4.69) is 105 Å². The van der Waals surface area contributed by atoms with E-state index in [0.717, 1.165) is 113 Å². The number of nitrogens with two attached hydrogens (primary N) is 1. The number of nitrogens with one attached hydrogen (secondary N) is 3. The first-order valence-corrected chi connectivity index (χ1v) is 41.4. The molecule has 6 aromatic heterocycles. The van der Waals surface area contributed by atoms with E-state index in [9.17, 15) is 31.2 Å². The molecule has 25 heteroatoms. The normalized spacial score (nSPS) is 15.3. The summed E-state index contributed by atoms with van der Waals surface area (Å²) in [6.45, 7) is 5.56. The van der Waals surface area contributed by atoms with Gasteiger partial charge in [0.25, 0.3) is 20.0 Å². The Labute approximate surface area is 653 Å². The Bertz CT molecular complexity index is 5070. The summed E-state index contributed by atoms with van der Waals surface area (Å²) >= 11 is 0. The molecule has 0 radical (unpaired) electrons. The van der Waals surface area contributed by atoms with E-state index in [4.69, 9.17) is 10.8 Å². The topological polar surface area (TPSA) is 303 Å². The van der Waals surface area contributed by atoms with E-state index < -0.39 is 26.0 Å². The summed E-state index contributed by atoms with van der Waals surface area (Å²) in [5.41, 5.74) is 16.8. The average Bonchev–Trinajstić information content (AvgIpc) is 1.66. The van der Waals surface area contributed by atoms with Gasteiger partial charge in [-0.2, -0.15) is 40.3 Å². The van der Waals surface area contributed by atoms with Gasteiger partial charge in [0.1, 0.15) is 0 Å². The number of hydrogen-bond acceptors (Lipinski definition) is 17. The molecule has 2 amide bonds. The SMILES string of the molecule is CN(C)[C@H](CNC(=O)C[C@@H](CC1CC1)c1cccnc1)Cc1ccc2[nH]ncc2c1.Cc1ccc(S(=O)(=O)n2ncc3cc(C[C@@H](CN)N(C)C)ccc32)cc1.Cc1ccc(S(=O)(=O)n2ncc3cc(C[C@@H](CNC(=O)C[C@@H](CC4CC4)c4cccnc4)N(C)C)ccc32)cc1.O=C(O)C[C@@H](CC1CC1)c1cccnc1. The molecule has 14 rings (SSSR count). The van der Waals surface area contributed by atoms with Crippen LogP contribution in [0.2, 0.25) is 0 Å². The van der Waals surface area contributed by atoms with Crippen molar-refractivity contribution in [3.8, 4) is 0 Å². The maximum atomic E-state index is 13.2. The zero-order valence-electron chi connectivity index (χ0n) is 65.0. The first kappa shape index (κ1) is 82.1. The third kappa shape index (κ3) is 23.6. The largest absolute Gasteiger partial charge is 0.481 e. The van der Waals surface area contributed by atoms with Crippen molar-refractivity contribution in [3.05, 3.63) is 240 Å². The standard InChI is InChI=1S/C31H37N5O3S.C24H31N5O.C19H24N4O2S.C12H15NO2/c1-22-6-11-29(12-7-22)40(38,39)36-30-13-10-24(16-27(30)20-34-36)17-28(35(2)3)21-33-31(37)18-26(15-23-8-9-23)25-5-4-14-32-19-25;1-29(2)22(12-18-7-8-23-21(11-18)15-27-28-23)16-26-24(30)13-20(10-17-5-6-17)19-4-3-9-25-14-19;1-14-4-7-18(8-5-14)26(24,25)23-19-9-6-15(10-16(19)13-21-23)11-17(12-20)22(2)3;14-12(15)7-11(6-9-3-4-9)10-2-1-5-13-8-10/h4-7,10-14,16,19-20,23,26,28H,8-9,15,17-18,21H2,1-3H3,(H,33,37);3-4,7-9,11,14-15,17,20,22H,5-6,10,12-13,16H2,1-2H3,(H,26,30)(H,27,28);4-10,13,17H,11-12,20H2,1-3H3;1-2,5,8-9,11H,3-4,6-7H2,(H,14,15)/t26-,28+;20-,22+;17-;11-/m1101/s1. The van der Waals surface area contributed by atoms with Crippen molar-refractivity contribution in [2.24, 2.45) is 23.5 Å². The number of H-pyrrole nitrogens is 1. The van der Waals surface area contributed by atoms with Crippen molar-refractivity contribution in [1.29, 1.82) is 0 Å². The number of carbonyl (C=O) groups is 3. The van der Waals surface area contributed by atoms with Crippen LogP contribution in [0.3, 0.4) is 0 Å². The van der Waals surface area contributed by atoms with Gasteiger partial charge in [0.2, 0.25) is 11.8 Å². The van der Waals surface area contributed by atoms with Crippen molar-refractivity contribution in [2.75, 3.05) is 61.9 Å². The molecule has 0 spiro atoms. The molecule has 3 aliphatic rings. The average molecular weight is 1540 g/mol. The van der Waals surface area contributed by atoms with Gasteiger partial charge in [0, 0.05) is 104 Å². The van der Waals surface area contributed by atoms with Crippen LogP contribution in [0.15, 0.2) is 205 Å². The summed E-state index contributed by atoms with van der Waals surface area (Å²) in [6.07, 6.45) is 30.2. The fourth-order valence-electron chi connectivity index (χ4n) is 14.1. The Balaban J connectivity index is 0.000000154. The number of aromatic nitrogens is 9. The van der Waals surface area contributed by atoms with Gasteiger partial charge in [-0.15, -0.1) is 0 Å². The molecule has 6 N–H and O–H groups in total. The number of likely N-dealkylation sites (N-methyl/N-ethyl adjacent to an activating group) is 3. The lowest BCUT2D eigenvalue weighted by molar-refractivity contribution is -0.137. The lowest BCUT2D eigenvalue weighted by atomic mass is 9.91. The molecule has 0 unspecified atom stereocenters. The monoisotopic (exact) mass is 1540 g/mol. The summed E-state index contributed by atoms with van der Waals surface area (Å²) in [4.78, 5) is 55.9. The molecular weight excluding hydrogens is 1440 g/mol. The number of carboxylic acid groups (broad SMARTS) is 1. The smallest absolute Gasteiger partial charge is 0.303 e. The fraction of sp³-hybridized carbons (Fsp3) is 0.407. The predicted molar refractivity (Wildman–Crippen MR) is 436 cm³/mol. The minimum Gasteiger partial charge on any atom is -0.481 e. The number of carbonyl (C=O) groups excluding carboxylic acids is 2. The highest BCUT2D eigenvalue weighted by Crippen LogP contribution is 2.42. The molecule has 5 aromatic carbocycles. The Hall–Kier alpha value is -9.89. The van der Waals surface area contributed by atoms with Crippen LogP contribution in [0.25, 0.3) is 32.7 Å². The van der Waals surface area contributed by atoms with Crippen molar-refractivity contribution in [1.82, 2.24) is 68.9 Å². The number of aryl methyl sites for hydroxylation is 2. The molecular formula is C86H107N15O8S2. The van der Waals surface area contributed by atoms with E-state index in [1.54, 1.807) is 85.7 Å². The highest BCUT2D eigenvalue weighted by molar-refractivity contribution is 7.90. The van der Waals surface area contributed by atoms with Crippen LogP contribution >= 0.6 is 0 Å². The van der Waals surface area contributed by atoms with E-state index >= 15 is 0 Å². The molecule has 11 aromatic rings. The van der Waals surface area contributed by atoms with E-state index in [1.165, 1.54) is 49.7 Å². The van der Waals surface area contributed by atoms with E-state index in [-0.39, 0.29) is 63.9 Å². The number of amides is 2. The minimum atomic E-state index is -3.79. The van der Waals surface area contributed by atoms with Gasteiger partial charge in [-0.1, -0.05) is 110 Å². The molecule has 0 saturated heterocycles. The summed E-state index contributed by atoms with van der Waals surface area (Å²) in [6, 6.07) is 43.9. The molecule has 3 fully saturated rings. The fourth-order valence-corrected chi connectivity index (χ4v) is 16.6. The third-order valence-electron chi connectivity index (χ3n) is 21.4. The first-order valence-electron chi connectivity index (χ1n) is 38.5. The van der Waals surface area contributed by atoms with Gasteiger partial charge < -0.3 is 36.2 Å². The van der Waals surface area contributed by atoms with Crippen LogP contribution in [0.4, 0.5) is 0 Å². The molecule has 111 heavy (non-hydrogen) atoms. The quantitative estimate of drug-likeness (QED) is 0.0255. The number of fused-ring (bicyclic) bond motifs is 3. The van der Waals surface area contributed by atoms with Gasteiger partial charge in [-0.3, -0.25) is 34.4 Å². The van der Waals surface area contributed by atoms with Crippen molar-refractivity contribution in [3.63, 3.8) is 0 Å². The molecule has 3 aliphatic carbocycles. The van der Waals surface area contributed by atoms with Gasteiger partial charge in [0.15, 0.2) is 0 Å². The van der Waals surface area contributed by atoms with Gasteiger partial charge in [-0.25, -0.2) is 0 Å². The number of hydrogen-bond donors (Lipinski definition) is 5. The number of nitrogens with zero attached hydrogens (tertiary/aromatic N) is 11. The van der Waals surface area contributed by atoms with E-state index in [1.807, 2.05) is 121 Å². The second kappa shape index (κ2) is 38.4. The Morgan fingerprint density at radius 1 is 0.486 bits per heavy atom. The molecule has 0 bridgehead atoms. The number of benzene rings is 5. The Morgan fingerprint density at radius 2 is 0.856 bits per heavy atom. The second-order valence-corrected chi connectivity index (χ2v) is 34.5. The van der Waals surface area contributed by atoms with Gasteiger partial charge >= 0.3 is 5.97 Å². The lowest BCUT2D eigenvalue weighted by Gasteiger charge is -2.25. The minimum absolute atomic E-state index is 0.0550. The summed E-state index contributed by atoms with van der Waals surface area (Å²) in [5, 5.41) is 33.3. The highest BCUT2D eigenvalue weighted by atomic mass is 32.2. The maximum absolute atomic E-state index is 13.2. The summed E-state index contributed by atoms with van der Waals surface area (Å²) in [7, 11) is 4.64. The predicted octanol–water partition coefficient (Wildman–Crippen LogP) is 12.5. The molecule has 586 valence electrons. The van der Waals surface area contributed by atoms with Gasteiger partial charge in [0.05, 0.1) is 51.4 Å². The van der Waals surface area contributed by atoms with Gasteiger partial charge in [-0.05, 0) is 242 Å². The summed E-state index contributed by atoms with van der Waals surface area (Å²) < 4.78 is 54.4. The second-order valence-electron chi connectivity index (χ2n) is 31.0. The number of rotatable bonds is 33. The van der Waals surface area contributed by atoms with Crippen molar-refractivity contribution in [2.45, 2.75) is 156 Å². The molecule has 6 heterocycles.